The fraction of sp³-hybridized carbons (Fsp3) is 0.333. The monoisotopic (exact) mass is 264 g/mol. The molecule has 1 aromatic carbocycles. The molecule has 18 heavy (non-hydrogen) atoms. The Bertz CT molecular complexity index is 531. The van der Waals surface area contributed by atoms with E-state index in [1.807, 2.05) is 39.0 Å². The van der Waals surface area contributed by atoms with Crippen molar-refractivity contribution >= 4 is 11.6 Å². The van der Waals surface area contributed by atoms with Gasteiger partial charge in [0.05, 0.1) is 18.2 Å². The molecule has 3 heteroatoms. The van der Waals surface area contributed by atoms with Gasteiger partial charge in [0.15, 0.2) is 0 Å². The maximum atomic E-state index is 6.52. The lowest BCUT2D eigenvalue weighted by Gasteiger charge is -2.14. The molecule has 0 bridgehead atoms. The molecule has 0 saturated carbocycles. The highest BCUT2D eigenvalue weighted by Crippen LogP contribution is 2.36. The summed E-state index contributed by atoms with van der Waals surface area (Å²) in [5.41, 5.74) is 3.11. The molecular weight excluding hydrogens is 248 g/mol. The summed E-state index contributed by atoms with van der Waals surface area (Å²) in [6.45, 7) is 6.55. The van der Waals surface area contributed by atoms with E-state index in [-0.39, 0.29) is 5.38 Å². The van der Waals surface area contributed by atoms with Crippen molar-refractivity contribution in [1.82, 2.24) is 0 Å². The lowest BCUT2D eigenvalue weighted by Crippen LogP contribution is -2.00. The van der Waals surface area contributed by atoms with Crippen LogP contribution in [0.3, 0.4) is 0 Å². The predicted molar refractivity (Wildman–Crippen MR) is 73.5 cm³/mol. The van der Waals surface area contributed by atoms with Gasteiger partial charge >= 0.3 is 0 Å². The first-order chi connectivity index (χ1) is 8.61. The van der Waals surface area contributed by atoms with Crippen molar-refractivity contribution in [3.63, 3.8) is 0 Å². The highest BCUT2D eigenvalue weighted by atomic mass is 35.5. The number of alkyl halides is 1. The standard InChI is InChI=1S/C15H17ClO2/c1-4-17-14-6-5-10(2)7-13(14)15(16)12-8-11(3)18-9-12/h5-9,15H,4H2,1-3H3. The quantitative estimate of drug-likeness (QED) is 0.752. The third-order valence-corrected chi connectivity index (χ3v) is 3.27. The average Bonchev–Trinajstić information content (AvgIpc) is 2.77. The lowest BCUT2D eigenvalue weighted by molar-refractivity contribution is 0.336. The van der Waals surface area contributed by atoms with Crippen LogP contribution in [-0.4, -0.2) is 6.61 Å². The van der Waals surface area contributed by atoms with Crippen LogP contribution in [0.5, 0.6) is 5.75 Å². The molecule has 2 nitrogen and oxygen atoms in total. The Labute approximate surface area is 113 Å². The zero-order valence-corrected chi connectivity index (χ0v) is 11.6. The second-order valence-corrected chi connectivity index (χ2v) is 4.76. The van der Waals surface area contributed by atoms with Gasteiger partial charge in [-0.15, -0.1) is 11.6 Å². The molecule has 1 aromatic heterocycles. The molecular formula is C15H17ClO2. The van der Waals surface area contributed by atoms with Crippen LogP contribution in [0.2, 0.25) is 0 Å². The van der Waals surface area contributed by atoms with E-state index in [9.17, 15) is 0 Å². The minimum absolute atomic E-state index is 0.246. The van der Waals surface area contributed by atoms with Crippen LogP contribution in [-0.2, 0) is 0 Å². The number of benzene rings is 1. The van der Waals surface area contributed by atoms with Crippen molar-refractivity contribution in [2.75, 3.05) is 6.61 Å². The van der Waals surface area contributed by atoms with Crippen LogP contribution in [0, 0.1) is 13.8 Å². The van der Waals surface area contributed by atoms with Crippen molar-refractivity contribution in [1.29, 1.82) is 0 Å². The lowest BCUT2D eigenvalue weighted by atomic mass is 10.0. The molecule has 0 fully saturated rings. The number of hydrogen-bond acceptors (Lipinski definition) is 2. The summed E-state index contributed by atoms with van der Waals surface area (Å²) in [5.74, 6) is 1.70. The first kappa shape index (κ1) is 13.0. The molecule has 96 valence electrons. The molecule has 0 N–H and O–H groups in total. The summed E-state index contributed by atoms with van der Waals surface area (Å²) in [7, 11) is 0. The van der Waals surface area contributed by atoms with Crippen molar-refractivity contribution in [3.05, 3.63) is 53.0 Å². The third kappa shape index (κ3) is 2.70. The number of aryl methyl sites for hydroxylation is 2. The van der Waals surface area contributed by atoms with Gasteiger partial charge in [-0.2, -0.15) is 0 Å². The molecule has 1 unspecified atom stereocenters. The number of hydrogen-bond donors (Lipinski definition) is 0. The summed E-state index contributed by atoms with van der Waals surface area (Å²) in [5, 5.41) is -0.246. The first-order valence-electron chi connectivity index (χ1n) is 6.04. The summed E-state index contributed by atoms with van der Waals surface area (Å²) in [6, 6.07) is 8.01. The molecule has 0 amide bonds. The number of furan rings is 1. The largest absolute Gasteiger partial charge is 0.494 e. The topological polar surface area (TPSA) is 22.4 Å². The highest BCUT2D eigenvalue weighted by molar-refractivity contribution is 6.22. The van der Waals surface area contributed by atoms with E-state index in [0.29, 0.717) is 6.61 Å². The molecule has 0 aliphatic rings. The number of halogens is 1. The maximum Gasteiger partial charge on any atom is 0.124 e. The Morgan fingerprint density at radius 2 is 2.06 bits per heavy atom. The first-order valence-corrected chi connectivity index (χ1v) is 6.48. The Hall–Kier alpha value is -1.41. The van der Waals surface area contributed by atoms with Crippen LogP contribution in [0.4, 0.5) is 0 Å². The van der Waals surface area contributed by atoms with Crippen LogP contribution in [0.15, 0.2) is 34.9 Å². The van der Waals surface area contributed by atoms with Gasteiger partial charge in [-0.05, 0) is 32.9 Å². The maximum absolute atomic E-state index is 6.52. The normalized spacial score (nSPS) is 12.4. The van der Waals surface area contributed by atoms with Crippen LogP contribution in [0.1, 0.15) is 34.8 Å². The van der Waals surface area contributed by atoms with E-state index >= 15 is 0 Å². The Morgan fingerprint density at radius 3 is 2.67 bits per heavy atom. The zero-order valence-electron chi connectivity index (χ0n) is 10.9. The molecule has 2 aromatic rings. The summed E-state index contributed by atoms with van der Waals surface area (Å²) in [4.78, 5) is 0. The third-order valence-electron chi connectivity index (χ3n) is 2.78. The van der Waals surface area contributed by atoms with Crippen molar-refractivity contribution < 1.29 is 9.15 Å². The molecule has 0 aliphatic heterocycles. The summed E-state index contributed by atoms with van der Waals surface area (Å²) in [6.07, 6.45) is 1.70. The van der Waals surface area contributed by atoms with Gasteiger partial charge in [-0.25, -0.2) is 0 Å². The van der Waals surface area contributed by atoms with Gasteiger partial charge in [-0.1, -0.05) is 17.7 Å². The minimum Gasteiger partial charge on any atom is -0.494 e. The molecule has 0 saturated heterocycles. The van der Waals surface area contributed by atoms with Crippen molar-refractivity contribution in [2.24, 2.45) is 0 Å². The predicted octanol–water partition coefficient (Wildman–Crippen LogP) is 4.62. The van der Waals surface area contributed by atoms with Crippen LogP contribution >= 0.6 is 11.6 Å². The van der Waals surface area contributed by atoms with E-state index in [4.69, 9.17) is 20.8 Å². The summed E-state index contributed by atoms with van der Waals surface area (Å²) < 4.78 is 10.9. The van der Waals surface area contributed by atoms with Gasteiger partial charge in [0.1, 0.15) is 11.5 Å². The van der Waals surface area contributed by atoms with E-state index in [1.54, 1.807) is 6.26 Å². The highest BCUT2D eigenvalue weighted by Gasteiger charge is 2.17. The fourth-order valence-corrected chi connectivity index (χ4v) is 2.21. The van der Waals surface area contributed by atoms with Gasteiger partial charge in [-0.3, -0.25) is 0 Å². The van der Waals surface area contributed by atoms with Gasteiger partial charge in [0, 0.05) is 11.1 Å². The molecule has 0 radical (unpaired) electrons. The van der Waals surface area contributed by atoms with Crippen molar-refractivity contribution in [2.45, 2.75) is 26.1 Å². The Balaban J connectivity index is 2.39. The smallest absolute Gasteiger partial charge is 0.124 e. The van der Waals surface area contributed by atoms with Gasteiger partial charge in [0.25, 0.3) is 0 Å². The Kier molecular flexibility index (Phi) is 3.97. The van der Waals surface area contributed by atoms with Crippen LogP contribution in [0.25, 0.3) is 0 Å². The van der Waals surface area contributed by atoms with Gasteiger partial charge in [0.2, 0.25) is 0 Å². The van der Waals surface area contributed by atoms with Crippen molar-refractivity contribution in [3.8, 4) is 5.75 Å². The molecule has 0 spiro atoms. The SMILES string of the molecule is CCOc1ccc(C)cc1C(Cl)c1coc(C)c1. The van der Waals surface area contributed by atoms with E-state index in [1.165, 1.54) is 5.56 Å². The second-order valence-electron chi connectivity index (χ2n) is 4.33. The minimum atomic E-state index is -0.246. The summed E-state index contributed by atoms with van der Waals surface area (Å²) >= 11 is 6.52. The fourth-order valence-electron chi connectivity index (χ4n) is 1.93. The average molecular weight is 265 g/mol. The molecule has 1 heterocycles. The van der Waals surface area contributed by atoms with Gasteiger partial charge < -0.3 is 9.15 Å². The zero-order chi connectivity index (χ0) is 13.1. The van der Waals surface area contributed by atoms with E-state index in [0.717, 1.165) is 22.6 Å². The molecule has 0 aliphatic carbocycles. The Morgan fingerprint density at radius 1 is 1.28 bits per heavy atom. The second kappa shape index (κ2) is 5.49. The van der Waals surface area contributed by atoms with Crippen LogP contribution < -0.4 is 4.74 Å². The van der Waals surface area contributed by atoms with E-state index < -0.39 is 0 Å². The number of ether oxygens (including phenoxy) is 1. The number of rotatable bonds is 4. The molecule has 1 atom stereocenters. The van der Waals surface area contributed by atoms with E-state index in [2.05, 4.69) is 6.07 Å². The molecule has 2 rings (SSSR count).